The Balaban J connectivity index is 2.36. The van der Waals surface area contributed by atoms with Gasteiger partial charge in [-0.1, -0.05) is 19.1 Å². The van der Waals surface area contributed by atoms with E-state index in [-0.39, 0.29) is 11.1 Å². The van der Waals surface area contributed by atoms with Crippen LogP contribution in [0.4, 0.5) is 4.39 Å². The first-order valence-electron chi connectivity index (χ1n) is 7.24. The highest BCUT2D eigenvalue weighted by atomic mass is 19.1. The van der Waals surface area contributed by atoms with Gasteiger partial charge < -0.3 is 15.4 Å². The van der Waals surface area contributed by atoms with Gasteiger partial charge in [-0.2, -0.15) is 0 Å². The Kier molecular flexibility index (Phi) is 6.68. The smallest absolute Gasteiger partial charge is 0.325 e. The third-order valence-electron chi connectivity index (χ3n) is 3.24. The summed E-state index contributed by atoms with van der Waals surface area (Å²) >= 11 is 0. The zero-order valence-electron chi connectivity index (χ0n) is 13.4. The van der Waals surface area contributed by atoms with Crippen molar-refractivity contribution in [2.75, 3.05) is 13.2 Å². The maximum atomic E-state index is 13.4. The summed E-state index contributed by atoms with van der Waals surface area (Å²) in [5.74, 6) is -2.61. The molecular formula is C16H21FN2O4. The number of benzene rings is 1. The lowest BCUT2D eigenvalue weighted by Crippen LogP contribution is -2.45. The Morgan fingerprint density at radius 3 is 2.48 bits per heavy atom. The number of carbonyl (C=O) groups is 3. The van der Waals surface area contributed by atoms with E-state index in [9.17, 15) is 18.8 Å². The van der Waals surface area contributed by atoms with Gasteiger partial charge in [0, 0.05) is 5.54 Å². The molecule has 23 heavy (non-hydrogen) atoms. The lowest BCUT2D eigenvalue weighted by Gasteiger charge is -2.24. The van der Waals surface area contributed by atoms with E-state index >= 15 is 0 Å². The lowest BCUT2D eigenvalue weighted by molar-refractivity contribution is -0.148. The van der Waals surface area contributed by atoms with Crippen molar-refractivity contribution in [3.05, 3.63) is 35.6 Å². The van der Waals surface area contributed by atoms with Crippen molar-refractivity contribution in [3.63, 3.8) is 0 Å². The van der Waals surface area contributed by atoms with Gasteiger partial charge in [-0.3, -0.25) is 14.4 Å². The van der Waals surface area contributed by atoms with Crippen LogP contribution in [0.5, 0.6) is 0 Å². The molecule has 2 amide bonds. The van der Waals surface area contributed by atoms with E-state index in [0.717, 1.165) is 12.5 Å². The normalized spacial score (nSPS) is 10.8. The molecule has 1 aromatic carbocycles. The fraction of sp³-hybridized carbons (Fsp3) is 0.438. The van der Waals surface area contributed by atoms with E-state index in [1.807, 2.05) is 20.8 Å². The summed E-state index contributed by atoms with van der Waals surface area (Å²) in [6.07, 6.45) is 0.728. The van der Waals surface area contributed by atoms with Crippen molar-refractivity contribution in [2.45, 2.75) is 32.7 Å². The third-order valence-corrected chi connectivity index (χ3v) is 3.24. The zero-order valence-corrected chi connectivity index (χ0v) is 13.4. The van der Waals surface area contributed by atoms with Crippen molar-refractivity contribution in [3.8, 4) is 0 Å². The summed E-state index contributed by atoms with van der Waals surface area (Å²) in [7, 11) is 0. The average Bonchev–Trinajstić information content (AvgIpc) is 2.50. The van der Waals surface area contributed by atoms with Gasteiger partial charge in [0.15, 0.2) is 6.61 Å². The van der Waals surface area contributed by atoms with Crippen LogP contribution >= 0.6 is 0 Å². The molecule has 0 aromatic heterocycles. The second-order valence-corrected chi connectivity index (χ2v) is 5.61. The SMILES string of the molecule is CCC(C)(C)NC(=O)COC(=O)CNC(=O)c1ccccc1F. The number of ether oxygens (including phenoxy) is 1. The van der Waals surface area contributed by atoms with E-state index < -0.39 is 36.8 Å². The van der Waals surface area contributed by atoms with E-state index in [0.29, 0.717) is 0 Å². The second kappa shape index (κ2) is 8.26. The highest BCUT2D eigenvalue weighted by Gasteiger charge is 2.19. The minimum absolute atomic E-state index is 0.164. The number of hydrogen-bond donors (Lipinski definition) is 2. The number of halogens is 1. The summed E-state index contributed by atoms with van der Waals surface area (Å²) < 4.78 is 18.1. The Morgan fingerprint density at radius 2 is 1.87 bits per heavy atom. The number of rotatable bonds is 7. The average molecular weight is 324 g/mol. The number of esters is 1. The fourth-order valence-corrected chi connectivity index (χ4v) is 1.59. The molecule has 6 nitrogen and oxygen atoms in total. The fourth-order valence-electron chi connectivity index (χ4n) is 1.59. The van der Waals surface area contributed by atoms with Crippen molar-refractivity contribution in [1.82, 2.24) is 10.6 Å². The molecule has 7 heteroatoms. The molecule has 0 aliphatic carbocycles. The minimum atomic E-state index is -0.779. The summed E-state index contributed by atoms with van der Waals surface area (Å²) in [5.41, 5.74) is -0.550. The van der Waals surface area contributed by atoms with E-state index in [1.165, 1.54) is 18.2 Å². The van der Waals surface area contributed by atoms with Crippen LogP contribution in [0.25, 0.3) is 0 Å². The largest absolute Gasteiger partial charge is 0.454 e. The Labute approximate surface area is 134 Å². The third kappa shape index (κ3) is 6.46. The first-order valence-corrected chi connectivity index (χ1v) is 7.24. The van der Waals surface area contributed by atoms with Gasteiger partial charge in [-0.25, -0.2) is 4.39 Å². The molecule has 0 atom stereocenters. The molecule has 1 aromatic rings. The first-order chi connectivity index (χ1) is 10.7. The molecule has 0 fully saturated rings. The first kappa shape index (κ1) is 18.6. The van der Waals surface area contributed by atoms with Crippen molar-refractivity contribution in [1.29, 1.82) is 0 Å². The molecule has 0 radical (unpaired) electrons. The predicted octanol–water partition coefficient (Wildman–Crippen LogP) is 1.40. The molecule has 0 unspecified atom stereocenters. The molecule has 0 saturated heterocycles. The van der Waals surface area contributed by atoms with Crippen LogP contribution in [0.1, 0.15) is 37.6 Å². The van der Waals surface area contributed by atoms with Gasteiger partial charge in [-0.05, 0) is 32.4 Å². The van der Waals surface area contributed by atoms with E-state index in [4.69, 9.17) is 4.74 Å². The second-order valence-electron chi connectivity index (χ2n) is 5.61. The van der Waals surface area contributed by atoms with Crippen LogP contribution in [-0.2, 0) is 14.3 Å². The molecule has 0 aliphatic rings. The molecule has 0 aliphatic heterocycles. The number of carbonyl (C=O) groups excluding carboxylic acids is 3. The maximum Gasteiger partial charge on any atom is 0.325 e. The van der Waals surface area contributed by atoms with Gasteiger partial charge >= 0.3 is 5.97 Å². The minimum Gasteiger partial charge on any atom is -0.454 e. The monoisotopic (exact) mass is 324 g/mol. The van der Waals surface area contributed by atoms with Crippen LogP contribution in [0.2, 0.25) is 0 Å². The van der Waals surface area contributed by atoms with E-state index in [2.05, 4.69) is 10.6 Å². The van der Waals surface area contributed by atoms with Gasteiger partial charge in [0.25, 0.3) is 11.8 Å². The molecule has 1 rings (SSSR count). The van der Waals surface area contributed by atoms with Crippen molar-refractivity contribution >= 4 is 17.8 Å². The zero-order chi connectivity index (χ0) is 17.5. The number of amides is 2. The molecule has 2 N–H and O–H groups in total. The van der Waals surface area contributed by atoms with Crippen LogP contribution in [0.15, 0.2) is 24.3 Å². The van der Waals surface area contributed by atoms with Crippen LogP contribution in [0.3, 0.4) is 0 Å². The summed E-state index contributed by atoms with van der Waals surface area (Å²) in [4.78, 5) is 34.8. The standard InChI is InChI=1S/C16H21FN2O4/c1-4-16(2,3)19-13(20)10-23-14(21)9-18-15(22)11-7-5-6-8-12(11)17/h5-8H,4,9-10H2,1-3H3,(H,18,22)(H,19,20). The van der Waals surface area contributed by atoms with Gasteiger partial charge in [0.05, 0.1) is 5.56 Å². The van der Waals surface area contributed by atoms with E-state index in [1.54, 1.807) is 0 Å². The molecule has 0 bridgehead atoms. The highest BCUT2D eigenvalue weighted by Crippen LogP contribution is 2.06. The Morgan fingerprint density at radius 1 is 1.22 bits per heavy atom. The summed E-state index contributed by atoms with van der Waals surface area (Å²) in [6, 6.07) is 5.41. The van der Waals surface area contributed by atoms with Crippen LogP contribution in [0, 0.1) is 5.82 Å². The number of hydrogen-bond acceptors (Lipinski definition) is 4. The van der Waals surface area contributed by atoms with Crippen LogP contribution in [-0.4, -0.2) is 36.5 Å². The van der Waals surface area contributed by atoms with Gasteiger partial charge in [0.1, 0.15) is 12.4 Å². The Bertz CT molecular complexity index is 587. The molecule has 0 spiro atoms. The highest BCUT2D eigenvalue weighted by molar-refractivity contribution is 5.96. The molecular weight excluding hydrogens is 303 g/mol. The van der Waals surface area contributed by atoms with Gasteiger partial charge in [-0.15, -0.1) is 0 Å². The topological polar surface area (TPSA) is 84.5 Å². The molecule has 0 saturated carbocycles. The van der Waals surface area contributed by atoms with Gasteiger partial charge in [0.2, 0.25) is 0 Å². The Hall–Kier alpha value is -2.44. The maximum absolute atomic E-state index is 13.4. The van der Waals surface area contributed by atoms with Crippen LogP contribution < -0.4 is 10.6 Å². The summed E-state index contributed by atoms with van der Waals surface area (Å²) in [5, 5.41) is 4.94. The lowest BCUT2D eigenvalue weighted by atomic mass is 10.0. The summed E-state index contributed by atoms with van der Waals surface area (Å²) in [6.45, 7) is 4.74. The quantitative estimate of drug-likeness (QED) is 0.743. The van der Waals surface area contributed by atoms with Crippen molar-refractivity contribution < 1.29 is 23.5 Å². The molecule has 0 heterocycles. The molecule has 126 valence electrons. The number of nitrogens with one attached hydrogen (secondary N) is 2. The predicted molar refractivity (Wildman–Crippen MR) is 82.2 cm³/mol. The van der Waals surface area contributed by atoms with Crippen molar-refractivity contribution in [2.24, 2.45) is 0 Å².